The maximum Gasteiger partial charge on any atom is 0.124 e. The molecule has 0 bridgehead atoms. The Morgan fingerprint density at radius 3 is 2.76 bits per heavy atom. The van der Waals surface area contributed by atoms with Gasteiger partial charge in [-0.2, -0.15) is 0 Å². The maximum atomic E-state index is 6.00. The third-order valence-corrected chi connectivity index (χ3v) is 3.76. The van der Waals surface area contributed by atoms with Gasteiger partial charge in [-0.05, 0) is 36.2 Å². The van der Waals surface area contributed by atoms with E-state index in [2.05, 4.69) is 52.9 Å². The van der Waals surface area contributed by atoms with Crippen LogP contribution in [-0.4, -0.2) is 6.54 Å². The van der Waals surface area contributed by atoms with Crippen LogP contribution < -0.4 is 10.1 Å². The molecule has 0 atom stereocenters. The fraction of sp³-hybridized carbons (Fsp3) is 0.222. The van der Waals surface area contributed by atoms with Gasteiger partial charge in [0.25, 0.3) is 0 Å². The van der Waals surface area contributed by atoms with Crippen LogP contribution in [0.15, 0.2) is 59.6 Å². The van der Waals surface area contributed by atoms with Crippen LogP contribution >= 0.6 is 15.9 Å². The van der Waals surface area contributed by atoms with E-state index in [1.807, 2.05) is 30.3 Å². The highest BCUT2D eigenvalue weighted by Gasteiger charge is 2.06. The average Bonchev–Trinajstić information content (AvgIpc) is 2.48. The Morgan fingerprint density at radius 2 is 2.00 bits per heavy atom. The van der Waals surface area contributed by atoms with Crippen molar-refractivity contribution >= 4 is 15.9 Å². The fourth-order valence-electron chi connectivity index (χ4n) is 2.06. The molecule has 0 spiro atoms. The van der Waals surface area contributed by atoms with Gasteiger partial charge in [0.05, 0.1) is 0 Å². The van der Waals surface area contributed by atoms with E-state index in [9.17, 15) is 0 Å². The van der Waals surface area contributed by atoms with Crippen LogP contribution in [0, 0.1) is 6.92 Å². The van der Waals surface area contributed by atoms with Crippen LogP contribution in [0.4, 0.5) is 0 Å². The average molecular weight is 346 g/mol. The SMILES string of the molecule is C=CCNCc1cc(Br)ccc1OCc1ccccc1C. The molecule has 2 nitrogen and oxygen atoms in total. The molecule has 0 fully saturated rings. The van der Waals surface area contributed by atoms with Crippen LogP contribution in [0.1, 0.15) is 16.7 Å². The Labute approximate surface area is 135 Å². The highest BCUT2D eigenvalue weighted by atomic mass is 79.9. The molecule has 2 aromatic carbocycles. The van der Waals surface area contributed by atoms with E-state index in [0.717, 1.165) is 28.9 Å². The fourth-order valence-corrected chi connectivity index (χ4v) is 2.47. The Bertz CT molecular complexity index is 610. The summed E-state index contributed by atoms with van der Waals surface area (Å²) >= 11 is 3.51. The summed E-state index contributed by atoms with van der Waals surface area (Å²) in [4.78, 5) is 0. The lowest BCUT2D eigenvalue weighted by Gasteiger charge is -2.13. The highest BCUT2D eigenvalue weighted by Crippen LogP contribution is 2.24. The monoisotopic (exact) mass is 345 g/mol. The van der Waals surface area contributed by atoms with Gasteiger partial charge in [0.2, 0.25) is 0 Å². The third kappa shape index (κ3) is 4.73. The molecule has 0 aliphatic carbocycles. The lowest BCUT2D eigenvalue weighted by atomic mass is 10.1. The van der Waals surface area contributed by atoms with Crippen LogP contribution in [0.3, 0.4) is 0 Å². The second kappa shape index (κ2) is 8.01. The normalized spacial score (nSPS) is 10.4. The van der Waals surface area contributed by atoms with E-state index in [1.165, 1.54) is 11.1 Å². The Morgan fingerprint density at radius 1 is 1.19 bits per heavy atom. The Balaban J connectivity index is 2.08. The topological polar surface area (TPSA) is 21.3 Å². The Kier molecular flexibility index (Phi) is 6.03. The maximum absolute atomic E-state index is 6.00. The predicted molar refractivity (Wildman–Crippen MR) is 91.6 cm³/mol. The first kappa shape index (κ1) is 15.8. The molecule has 2 rings (SSSR count). The van der Waals surface area contributed by atoms with Gasteiger partial charge in [-0.25, -0.2) is 0 Å². The smallest absolute Gasteiger partial charge is 0.124 e. The van der Waals surface area contributed by atoms with Crippen LogP contribution in [0.2, 0.25) is 0 Å². The van der Waals surface area contributed by atoms with E-state index in [4.69, 9.17) is 4.74 Å². The minimum atomic E-state index is 0.586. The first-order valence-electron chi connectivity index (χ1n) is 6.98. The second-order valence-electron chi connectivity index (χ2n) is 4.89. The van der Waals surface area contributed by atoms with Crippen molar-refractivity contribution in [1.29, 1.82) is 0 Å². The third-order valence-electron chi connectivity index (χ3n) is 3.27. The van der Waals surface area contributed by atoms with Crippen molar-refractivity contribution in [3.63, 3.8) is 0 Å². The summed E-state index contributed by atoms with van der Waals surface area (Å²) in [6.45, 7) is 7.94. The molecule has 0 amide bonds. The minimum Gasteiger partial charge on any atom is -0.489 e. The summed E-state index contributed by atoms with van der Waals surface area (Å²) in [5.74, 6) is 0.915. The highest BCUT2D eigenvalue weighted by molar-refractivity contribution is 9.10. The zero-order valence-electron chi connectivity index (χ0n) is 12.2. The number of nitrogens with one attached hydrogen (secondary N) is 1. The molecule has 1 N–H and O–H groups in total. The van der Waals surface area contributed by atoms with Crippen molar-refractivity contribution in [1.82, 2.24) is 5.32 Å². The standard InChI is InChI=1S/C18H20BrNO/c1-3-10-20-12-16-11-17(19)8-9-18(16)21-13-15-7-5-4-6-14(15)2/h3-9,11,20H,1,10,12-13H2,2H3. The quantitative estimate of drug-likeness (QED) is 0.584. The summed E-state index contributed by atoms with van der Waals surface area (Å²) in [6, 6.07) is 14.4. The van der Waals surface area contributed by atoms with E-state index in [1.54, 1.807) is 0 Å². The molecule has 0 aliphatic rings. The molecular weight excluding hydrogens is 326 g/mol. The largest absolute Gasteiger partial charge is 0.489 e. The Hall–Kier alpha value is -1.58. The summed E-state index contributed by atoms with van der Waals surface area (Å²) < 4.78 is 7.06. The number of hydrogen-bond donors (Lipinski definition) is 1. The number of rotatable bonds is 7. The first-order valence-corrected chi connectivity index (χ1v) is 7.77. The molecule has 2 aromatic rings. The zero-order chi connectivity index (χ0) is 15.1. The summed E-state index contributed by atoms with van der Waals surface area (Å²) in [5, 5.41) is 3.31. The van der Waals surface area contributed by atoms with Gasteiger partial charge in [0.1, 0.15) is 12.4 Å². The zero-order valence-corrected chi connectivity index (χ0v) is 13.8. The van der Waals surface area contributed by atoms with Crippen LogP contribution in [0.25, 0.3) is 0 Å². The van der Waals surface area contributed by atoms with Crippen LogP contribution in [0.5, 0.6) is 5.75 Å². The first-order chi connectivity index (χ1) is 10.2. The lowest BCUT2D eigenvalue weighted by Crippen LogP contribution is -2.13. The molecular formula is C18H20BrNO. The molecule has 21 heavy (non-hydrogen) atoms. The molecule has 0 saturated carbocycles. The summed E-state index contributed by atoms with van der Waals surface area (Å²) in [5.41, 5.74) is 3.60. The summed E-state index contributed by atoms with van der Waals surface area (Å²) in [6.07, 6.45) is 1.85. The second-order valence-corrected chi connectivity index (χ2v) is 5.80. The van der Waals surface area contributed by atoms with E-state index in [0.29, 0.717) is 6.61 Å². The van der Waals surface area contributed by atoms with Gasteiger partial charge in [0, 0.05) is 23.1 Å². The predicted octanol–water partition coefficient (Wildman–Crippen LogP) is 4.61. The van der Waals surface area contributed by atoms with E-state index in [-0.39, 0.29) is 0 Å². The van der Waals surface area contributed by atoms with Gasteiger partial charge < -0.3 is 10.1 Å². The molecule has 0 aliphatic heterocycles. The number of halogens is 1. The summed E-state index contributed by atoms with van der Waals surface area (Å²) in [7, 11) is 0. The molecule has 110 valence electrons. The number of aryl methyl sites for hydroxylation is 1. The van der Waals surface area contributed by atoms with Crippen molar-refractivity contribution < 1.29 is 4.74 Å². The van der Waals surface area contributed by atoms with Gasteiger partial charge >= 0.3 is 0 Å². The van der Waals surface area contributed by atoms with Crippen molar-refractivity contribution in [2.75, 3.05) is 6.54 Å². The van der Waals surface area contributed by atoms with Gasteiger partial charge in [-0.3, -0.25) is 0 Å². The number of benzene rings is 2. The van der Waals surface area contributed by atoms with Gasteiger partial charge in [-0.1, -0.05) is 46.3 Å². The van der Waals surface area contributed by atoms with E-state index < -0.39 is 0 Å². The van der Waals surface area contributed by atoms with Gasteiger partial charge in [-0.15, -0.1) is 6.58 Å². The number of hydrogen-bond acceptors (Lipinski definition) is 2. The van der Waals surface area contributed by atoms with Crippen molar-refractivity contribution in [3.05, 3.63) is 76.3 Å². The van der Waals surface area contributed by atoms with Crippen LogP contribution in [-0.2, 0) is 13.2 Å². The molecule has 0 heterocycles. The number of ether oxygens (including phenoxy) is 1. The van der Waals surface area contributed by atoms with Crippen molar-refractivity contribution in [2.45, 2.75) is 20.1 Å². The molecule has 3 heteroatoms. The van der Waals surface area contributed by atoms with Gasteiger partial charge in [0.15, 0.2) is 0 Å². The van der Waals surface area contributed by atoms with Crippen molar-refractivity contribution in [3.8, 4) is 5.75 Å². The molecule has 0 radical (unpaired) electrons. The lowest BCUT2D eigenvalue weighted by molar-refractivity contribution is 0.301. The molecule has 0 saturated heterocycles. The minimum absolute atomic E-state index is 0.586. The van der Waals surface area contributed by atoms with E-state index >= 15 is 0 Å². The van der Waals surface area contributed by atoms with Crippen molar-refractivity contribution in [2.24, 2.45) is 0 Å². The molecule has 0 aromatic heterocycles. The molecule has 0 unspecified atom stereocenters.